The molecule has 8 heteroatoms. The number of imide groups is 1. The summed E-state index contributed by atoms with van der Waals surface area (Å²) in [5, 5.41) is 10.0. The van der Waals surface area contributed by atoms with Crippen molar-refractivity contribution in [2.75, 3.05) is 16.3 Å². The van der Waals surface area contributed by atoms with Crippen LogP contribution < -0.4 is 9.80 Å². The SMILES string of the molecule is CCN1C(=O)C(C#N)=C(C)/C(=C/C=C2N(c3c(C(C)C)cccc3C(C)C)c3nc4ccccc4nc3N2c2c(C(C)C)cccc2C(C)C)C1=O. The van der Waals surface area contributed by atoms with Crippen LogP contribution in [-0.2, 0) is 9.59 Å². The lowest BCUT2D eigenvalue weighted by Crippen LogP contribution is -2.42. The second-order valence-corrected chi connectivity index (χ2v) is 14.8. The van der Waals surface area contributed by atoms with E-state index in [9.17, 15) is 14.9 Å². The molecular weight excluding hydrogens is 645 g/mol. The summed E-state index contributed by atoms with van der Waals surface area (Å²) in [6.45, 7) is 21.2. The van der Waals surface area contributed by atoms with Crippen LogP contribution in [-0.4, -0.2) is 33.2 Å². The van der Waals surface area contributed by atoms with Crippen molar-refractivity contribution in [1.29, 1.82) is 5.26 Å². The van der Waals surface area contributed by atoms with E-state index < -0.39 is 11.8 Å². The maximum Gasteiger partial charge on any atom is 0.271 e. The van der Waals surface area contributed by atoms with Gasteiger partial charge in [-0.05, 0) is 89.6 Å². The number of likely N-dealkylation sites (N-methyl/N-ethyl adjacent to an activating group) is 1. The number of allylic oxidation sites excluding steroid dienone is 2. The molecule has 4 aromatic rings. The van der Waals surface area contributed by atoms with Crippen molar-refractivity contribution in [3.05, 3.63) is 118 Å². The van der Waals surface area contributed by atoms with Gasteiger partial charge in [0.05, 0.1) is 22.4 Å². The Bertz CT molecular complexity index is 2070. The normalized spacial score (nSPS) is 15.8. The van der Waals surface area contributed by atoms with E-state index in [0.717, 1.165) is 55.4 Å². The number of hydrogen-bond donors (Lipinski definition) is 0. The van der Waals surface area contributed by atoms with Crippen LogP contribution in [0.15, 0.2) is 95.4 Å². The van der Waals surface area contributed by atoms with Crippen LogP contribution in [0, 0.1) is 11.3 Å². The molecule has 0 aliphatic carbocycles. The molecule has 0 unspecified atom stereocenters. The molecular formula is C44H48N6O2. The quantitative estimate of drug-likeness (QED) is 0.134. The van der Waals surface area contributed by atoms with Gasteiger partial charge in [-0.2, -0.15) is 5.26 Å². The number of nitrogens with zero attached hydrogens (tertiary/aromatic N) is 6. The lowest BCUT2D eigenvalue weighted by molar-refractivity contribution is -0.140. The summed E-state index contributed by atoms with van der Waals surface area (Å²) in [7, 11) is 0. The Morgan fingerprint density at radius 2 is 1.08 bits per heavy atom. The summed E-state index contributed by atoms with van der Waals surface area (Å²) in [5.74, 6) is 1.88. The standard InChI is InChI=1S/C44H48N6O2/c1-11-48-43(51)34(29(10)35(24-45)44(48)52)22-23-38-49(39-30(25(2)3)16-14-17-31(39)26(4)5)41-42(47-37-21-13-12-20-36(37)46-41)50(38)40-32(27(6)7)18-15-19-33(40)28(8)9/h12-23,25-28H,11H2,1-10H3/b34-22-. The summed E-state index contributed by atoms with van der Waals surface area (Å²) < 4.78 is 0. The van der Waals surface area contributed by atoms with Crippen molar-refractivity contribution in [3.63, 3.8) is 0 Å². The number of para-hydroxylation sites is 4. The van der Waals surface area contributed by atoms with E-state index in [2.05, 4.69) is 108 Å². The van der Waals surface area contributed by atoms with Gasteiger partial charge >= 0.3 is 0 Å². The predicted molar refractivity (Wildman–Crippen MR) is 210 cm³/mol. The minimum Gasteiger partial charge on any atom is -0.276 e. The molecule has 2 aliphatic heterocycles. The van der Waals surface area contributed by atoms with Crippen LogP contribution >= 0.6 is 0 Å². The van der Waals surface area contributed by atoms with E-state index in [1.807, 2.05) is 30.3 Å². The van der Waals surface area contributed by atoms with Crippen molar-refractivity contribution >= 4 is 45.9 Å². The number of aromatic nitrogens is 2. The molecule has 0 saturated carbocycles. The van der Waals surface area contributed by atoms with Crippen molar-refractivity contribution in [2.24, 2.45) is 0 Å². The molecule has 52 heavy (non-hydrogen) atoms. The highest BCUT2D eigenvalue weighted by molar-refractivity contribution is 6.18. The molecule has 0 N–H and O–H groups in total. The topological polar surface area (TPSA) is 93.4 Å². The highest BCUT2D eigenvalue weighted by Gasteiger charge is 2.41. The Kier molecular flexibility index (Phi) is 9.92. The Hall–Kier alpha value is -5.55. The fraction of sp³-hybridized carbons (Fsp3) is 0.341. The first kappa shape index (κ1) is 36.2. The second-order valence-electron chi connectivity index (χ2n) is 14.8. The number of carbonyl (C=O) groups is 2. The molecule has 0 spiro atoms. The van der Waals surface area contributed by atoms with Gasteiger partial charge in [0.15, 0.2) is 11.6 Å². The molecule has 2 amide bonds. The number of rotatable bonds is 8. The first-order chi connectivity index (χ1) is 24.8. The van der Waals surface area contributed by atoms with Gasteiger partial charge in [0, 0.05) is 12.1 Å². The zero-order valence-corrected chi connectivity index (χ0v) is 31.9. The number of fused-ring (bicyclic) bond motifs is 2. The molecule has 6 rings (SSSR count). The Labute approximate surface area is 307 Å². The highest BCUT2D eigenvalue weighted by Crippen LogP contribution is 2.54. The van der Waals surface area contributed by atoms with E-state index in [0.29, 0.717) is 22.8 Å². The van der Waals surface area contributed by atoms with Crippen LogP contribution in [0.2, 0.25) is 0 Å². The minimum atomic E-state index is -0.561. The van der Waals surface area contributed by atoms with Crippen molar-refractivity contribution in [3.8, 4) is 6.07 Å². The molecule has 8 nitrogen and oxygen atoms in total. The fourth-order valence-electron chi connectivity index (χ4n) is 7.33. The number of anilines is 4. The van der Waals surface area contributed by atoms with Crippen LogP contribution in [0.1, 0.15) is 115 Å². The average Bonchev–Trinajstić information content (AvgIpc) is 3.41. The van der Waals surface area contributed by atoms with E-state index in [4.69, 9.17) is 9.97 Å². The summed E-state index contributed by atoms with van der Waals surface area (Å²) in [5.41, 5.74) is 8.90. The Morgan fingerprint density at radius 1 is 0.654 bits per heavy atom. The first-order valence-electron chi connectivity index (χ1n) is 18.3. The van der Waals surface area contributed by atoms with Gasteiger partial charge in [-0.1, -0.05) is 104 Å². The zero-order chi connectivity index (χ0) is 37.6. The largest absolute Gasteiger partial charge is 0.276 e. The minimum absolute atomic E-state index is 0.0244. The van der Waals surface area contributed by atoms with Crippen molar-refractivity contribution in [1.82, 2.24) is 14.9 Å². The lowest BCUT2D eigenvalue weighted by atomic mass is 9.91. The summed E-state index contributed by atoms with van der Waals surface area (Å²) in [4.78, 5) is 43.3. The maximum atomic E-state index is 13.9. The van der Waals surface area contributed by atoms with E-state index in [-0.39, 0.29) is 35.8 Å². The Morgan fingerprint density at radius 3 is 1.44 bits per heavy atom. The van der Waals surface area contributed by atoms with E-state index in [1.165, 1.54) is 0 Å². The van der Waals surface area contributed by atoms with Gasteiger partial charge in [-0.15, -0.1) is 0 Å². The van der Waals surface area contributed by atoms with Gasteiger partial charge in [-0.3, -0.25) is 24.3 Å². The van der Waals surface area contributed by atoms with Crippen LogP contribution in [0.25, 0.3) is 11.0 Å². The molecule has 2 aliphatic rings. The zero-order valence-electron chi connectivity index (χ0n) is 31.9. The lowest BCUT2D eigenvalue weighted by Gasteiger charge is -2.32. The molecule has 1 aromatic heterocycles. The van der Waals surface area contributed by atoms with E-state index in [1.54, 1.807) is 19.9 Å². The summed E-state index contributed by atoms with van der Waals surface area (Å²) in [6, 6.07) is 23.0. The number of nitriles is 1. The van der Waals surface area contributed by atoms with Crippen LogP contribution in [0.4, 0.5) is 23.0 Å². The molecule has 0 bridgehead atoms. The predicted octanol–water partition coefficient (Wildman–Crippen LogP) is 10.4. The van der Waals surface area contributed by atoms with Gasteiger partial charge in [0.25, 0.3) is 11.8 Å². The Balaban J connectivity index is 1.81. The third-order valence-corrected chi connectivity index (χ3v) is 10.1. The maximum absolute atomic E-state index is 13.9. The molecule has 3 heterocycles. The number of amides is 2. The van der Waals surface area contributed by atoms with Crippen molar-refractivity contribution in [2.45, 2.75) is 92.9 Å². The number of carbonyl (C=O) groups excluding carboxylic acids is 2. The van der Waals surface area contributed by atoms with E-state index >= 15 is 0 Å². The number of benzene rings is 3. The van der Waals surface area contributed by atoms with Crippen LogP contribution in [0.3, 0.4) is 0 Å². The summed E-state index contributed by atoms with van der Waals surface area (Å²) >= 11 is 0. The second kappa shape index (κ2) is 14.2. The molecule has 266 valence electrons. The third-order valence-electron chi connectivity index (χ3n) is 10.1. The van der Waals surface area contributed by atoms with Crippen molar-refractivity contribution < 1.29 is 9.59 Å². The number of hydrogen-bond acceptors (Lipinski definition) is 7. The third kappa shape index (κ3) is 5.98. The van der Waals surface area contributed by atoms with Gasteiger partial charge < -0.3 is 0 Å². The van der Waals surface area contributed by atoms with Crippen LogP contribution in [0.5, 0.6) is 0 Å². The monoisotopic (exact) mass is 692 g/mol. The molecule has 0 fully saturated rings. The van der Waals surface area contributed by atoms with Gasteiger partial charge in [0.1, 0.15) is 17.5 Å². The van der Waals surface area contributed by atoms with Gasteiger partial charge in [0.2, 0.25) is 0 Å². The molecule has 0 radical (unpaired) electrons. The molecule has 0 atom stereocenters. The smallest absolute Gasteiger partial charge is 0.271 e. The van der Waals surface area contributed by atoms with Gasteiger partial charge in [-0.25, -0.2) is 9.97 Å². The first-order valence-corrected chi connectivity index (χ1v) is 18.3. The molecule has 3 aromatic carbocycles. The molecule has 0 saturated heterocycles. The summed E-state index contributed by atoms with van der Waals surface area (Å²) in [6.07, 6.45) is 3.72. The highest BCUT2D eigenvalue weighted by atomic mass is 16.2. The average molecular weight is 693 g/mol. The fourth-order valence-corrected chi connectivity index (χ4v) is 7.33.